The maximum atomic E-state index is 12.5. The molecular weight excluding hydrogens is 330 g/mol. The molecule has 1 fully saturated rings. The number of hydrogen-bond acceptors (Lipinski definition) is 4. The molecule has 2 rings (SSSR count). The van der Waals surface area contributed by atoms with Crippen molar-refractivity contribution >= 4 is 11.9 Å². The van der Waals surface area contributed by atoms with Gasteiger partial charge >= 0.3 is 0 Å². The van der Waals surface area contributed by atoms with Gasteiger partial charge in [0, 0.05) is 17.3 Å². The smallest absolute Gasteiger partial charge is 0.210 e. The van der Waals surface area contributed by atoms with E-state index in [0.717, 1.165) is 24.2 Å². The van der Waals surface area contributed by atoms with Gasteiger partial charge in [0.2, 0.25) is 6.54 Å². The number of Topliss-reactive ketones (excluding diaryl/α,β-unsaturated/α-hetero) is 1. The maximum Gasteiger partial charge on any atom is 0.210 e. The van der Waals surface area contributed by atoms with Crippen molar-refractivity contribution < 1.29 is 14.5 Å². The van der Waals surface area contributed by atoms with Crippen LogP contribution in [0.1, 0.15) is 45.6 Å². The minimum atomic E-state index is -0.371. The molecule has 1 aromatic carbocycles. The molecule has 142 valence electrons. The number of carbonyl (C=O) groups excluding carboxylic acids is 1. The van der Waals surface area contributed by atoms with Gasteiger partial charge in [-0.15, -0.1) is 0 Å². The SMILES string of the molecule is COc1ccc(/C=C/[C@H](C[N+](=O)[O-])[C@@H]2C[C@H](C(C)(C)C)CCC2=O)cc1. The molecule has 0 unspecified atom stereocenters. The molecule has 0 spiro atoms. The van der Waals surface area contributed by atoms with Crippen molar-refractivity contribution in [1.82, 2.24) is 0 Å². The predicted octanol–water partition coefficient (Wildman–Crippen LogP) is 4.63. The standard InChI is InChI=1S/C21H29NO4/c1-21(2,3)17-9-12-20(23)19(13-17)16(14-22(24)25)8-5-15-6-10-18(26-4)11-7-15/h5-8,10-11,16-17,19H,9,12-14H2,1-4H3/b8-5+/t16-,17-,19+/m1/s1. The van der Waals surface area contributed by atoms with Gasteiger partial charge in [-0.25, -0.2) is 0 Å². The minimum Gasteiger partial charge on any atom is -0.497 e. The fourth-order valence-corrected chi connectivity index (χ4v) is 3.70. The Kier molecular flexibility index (Phi) is 6.57. The molecular formula is C21H29NO4. The molecule has 0 bridgehead atoms. The molecule has 0 amide bonds. The molecule has 1 aliphatic carbocycles. The van der Waals surface area contributed by atoms with Crippen LogP contribution in [0.5, 0.6) is 5.75 Å². The van der Waals surface area contributed by atoms with Crippen molar-refractivity contribution in [3.8, 4) is 5.75 Å². The van der Waals surface area contributed by atoms with E-state index in [1.807, 2.05) is 36.4 Å². The van der Waals surface area contributed by atoms with Gasteiger partial charge < -0.3 is 4.74 Å². The number of carbonyl (C=O) groups is 1. The van der Waals surface area contributed by atoms with Crippen molar-refractivity contribution in [2.75, 3.05) is 13.7 Å². The first-order valence-electron chi connectivity index (χ1n) is 9.17. The quantitative estimate of drug-likeness (QED) is 0.548. The van der Waals surface area contributed by atoms with E-state index in [4.69, 9.17) is 4.74 Å². The molecule has 3 atom stereocenters. The second-order valence-corrected chi connectivity index (χ2v) is 8.22. The largest absolute Gasteiger partial charge is 0.497 e. The minimum absolute atomic E-state index is 0.109. The van der Waals surface area contributed by atoms with Gasteiger partial charge in [0.05, 0.1) is 13.0 Å². The average molecular weight is 359 g/mol. The van der Waals surface area contributed by atoms with Crippen LogP contribution >= 0.6 is 0 Å². The fourth-order valence-electron chi connectivity index (χ4n) is 3.70. The zero-order chi connectivity index (χ0) is 19.3. The van der Waals surface area contributed by atoms with Gasteiger partial charge in [-0.1, -0.05) is 45.1 Å². The first-order valence-corrected chi connectivity index (χ1v) is 9.17. The summed E-state index contributed by atoms with van der Waals surface area (Å²) in [4.78, 5) is 23.4. The molecule has 1 aliphatic rings. The average Bonchev–Trinajstić information content (AvgIpc) is 2.58. The van der Waals surface area contributed by atoms with Crippen LogP contribution < -0.4 is 4.74 Å². The number of ether oxygens (including phenoxy) is 1. The molecule has 0 heterocycles. The molecule has 1 saturated carbocycles. The topological polar surface area (TPSA) is 69.4 Å². The highest BCUT2D eigenvalue weighted by atomic mass is 16.6. The van der Waals surface area contributed by atoms with E-state index >= 15 is 0 Å². The van der Waals surface area contributed by atoms with Gasteiger partial charge in [-0.3, -0.25) is 14.9 Å². The van der Waals surface area contributed by atoms with Crippen LogP contribution in [0.25, 0.3) is 6.08 Å². The van der Waals surface area contributed by atoms with E-state index in [1.165, 1.54) is 0 Å². The molecule has 26 heavy (non-hydrogen) atoms. The molecule has 5 nitrogen and oxygen atoms in total. The lowest BCUT2D eigenvalue weighted by Gasteiger charge is -2.38. The summed E-state index contributed by atoms with van der Waals surface area (Å²) in [6.07, 6.45) is 5.86. The monoisotopic (exact) mass is 359 g/mol. The lowest BCUT2D eigenvalue weighted by molar-refractivity contribution is -0.487. The Hall–Kier alpha value is -2.17. The fraction of sp³-hybridized carbons (Fsp3) is 0.571. The normalized spacial score (nSPS) is 22.4. The van der Waals surface area contributed by atoms with E-state index in [2.05, 4.69) is 20.8 Å². The molecule has 1 aromatic rings. The first kappa shape index (κ1) is 20.1. The zero-order valence-electron chi connectivity index (χ0n) is 16.1. The molecule has 0 aromatic heterocycles. The second kappa shape index (κ2) is 8.47. The Morgan fingerprint density at radius 2 is 1.96 bits per heavy atom. The third kappa shape index (κ3) is 5.41. The summed E-state index contributed by atoms with van der Waals surface area (Å²) in [6, 6.07) is 7.51. The highest BCUT2D eigenvalue weighted by Gasteiger charge is 2.39. The number of rotatable bonds is 6. The number of benzene rings is 1. The van der Waals surface area contributed by atoms with Crippen molar-refractivity contribution in [3.63, 3.8) is 0 Å². The summed E-state index contributed by atoms with van der Waals surface area (Å²) in [5.74, 6) is 0.697. The third-order valence-corrected chi connectivity index (χ3v) is 5.44. The van der Waals surface area contributed by atoms with Crippen LogP contribution in [-0.4, -0.2) is 24.4 Å². The number of hydrogen-bond donors (Lipinski definition) is 0. The van der Waals surface area contributed by atoms with E-state index in [0.29, 0.717) is 12.3 Å². The van der Waals surface area contributed by atoms with Gasteiger partial charge in [0.25, 0.3) is 0 Å². The van der Waals surface area contributed by atoms with E-state index in [9.17, 15) is 14.9 Å². The first-order chi connectivity index (χ1) is 12.2. The molecule has 0 saturated heterocycles. The van der Waals surface area contributed by atoms with Crippen LogP contribution in [0.15, 0.2) is 30.3 Å². The number of ketones is 1. The molecule has 5 heteroatoms. The van der Waals surface area contributed by atoms with Gasteiger partial charge in [0.1, 0.15) is 11.5 Å². The van der Waals surface area contributed by atoms with E-state index < -0.39 is 0 Å². The number of methoxy groups -OCH3 is 1. The lowest BCUT2D eigenvalue weighted by Crippen LogP contribution is -2.37. The van der Waals surface area contributed by atoms with Crippen LogP contribution in [0.2, 0.25) is 0 Å². The highest BCUT2D eigenvalue weighted by Crippen LogP contribution is 2.41. The molecule has 0 N–H and O–H groups in total. The van der Waals surface area contributed by atoms with Gasteiger partial charge in [0.15, 0.2) is 0 Å². The Labute approximate surface area is 155 Å². The predicted molar refractivity (Wildman–Crippen MR) is 103 cm³/mol. The van der Waals surface area contributed by atoms with E-state index in [1.54, 1.807) is 7.11 Å². The van der Waals surface area contributed by atoms with E-state index in [-0.39, 0.29) is 34.5 Å². The molecule has 0 aliphatic heterocycles. The van der Waals surface area contributed by atoms with Gasteiger partial charge in [-0.2, -0.15) is 0 Å². The second-order valence-electron chi connectivity index (χ2n) is 8.22. The number of nitro groups is 1. The highest BCUT2D eigenvalue weighted by molar-refractivity contribution is 5.82. The number of nitrogens with zero attached hydrogens (tertiary/aromatic N) is 1. The van der Waals surface area contributed by atoms with Gasteiger partial charge in [-0.05, 0) is 41.9 Å². The van der Waals surface area contributed by atoms with Crippen LogP contribution in [0, 0.1) is 33.3 Å². The zero-order valence-corrected chi connectivity index (χ0v) is 16.1. The van der Waals surface area contributed by atoms with Crippen molar-refractivity contribution in [2.45, 2.75) is 40.0 Å². The van der Waals surface area contributed by atoms with Crippen LogP contribution in [-0.2, 0) is 4.79 Å². The Morgan fingerprint density at radius 3 is 2.50 bits per heavy atom. The summed E-state index contributed by atoms with van der Waals surface area (Å²) in [5.41, 5.74) is 1.05. The Balaban J connectivity index is 2.20. The summed E-state index contributed by atoms with van der Waals surface area (Å²) < 4.78 is 5.14. The molecule has 0 radical (unpaired) electrons. The van der Waals surface area contributed by atoms with Crippen molar-refractivity contribution in [2.24, 2.45) is 23.2 Å². The third-order valence-electron chi connectivity index (χ3n) is 5.44. The van der Waals surface area contributed by atoms with Crippen LogP contribution in [0.4, 0.5) is 0 Å². The van der Waals surface area contributed by atoms with Crippen molar-refractivity contribution in [1.29, 1.82) is 0 Å². The summed E-state index contributed by atoms with van der Waals surface area (Å²) in [7, 11) is 1.61. The van der Waals surface area contributed by atoms with Crippen molar-refractivity contribution in [3.05, 3.63) is 46.0 Å². The Morgan fingerprint density at radius 1 is 1.31 bits per heavy atom. The summed E-state index contributed by atoms with van der Waals surface area (Å²) >= 11 is 0. The Bertz CT molecular complexity index is 658. The summed E-state index contributed by atoms with van der Waals surface area (Å²) in [5, 5.41) is 11.2. The summed E-state index contributed by atoms with van der Waals surface area (Å²) in [6.45, 7) is 6.33. The maximum absolute atomic E-state index is 12.5. The lowest BCUT2D eigenvalue weighted by atomic mass is 9.66. The van der Waals surface area contributed by atoms with Crippen LogP contribution in [0.3, 0.4) is 0 Å².